The molecule has 1 aromatic carbocycles. The normalized spacial score (nSPS) is 15.7. The Bertz CT molecular complexity index is 517. The maximum Gasteiger partial charge on any atom is 0.113 e. The summed E-state index contributed by atoms with van der Waals surface area (Å²) in [5.41, 5.74) is 3.78. The van der Waals surface area contributed by atoms with Gasteiger partial charge in [0.2, 0.25) is 0 Å². The maximum atomic E-state index is 10.4. The van der Waals surface area contributed by atoms with E-state index in [1.807, 2.05) is 12.1 Å². The average molecular weight is 258 g/mol. The largest absolute Gasteiger partial charge is 0.383 e. The van der Waals surface area contributed by atoms with Crippen molar-refractivity contribution in [1.82, 2.24) is 0 Å². The van der Waals surface area contributed by atoms with Crippen LogP contribution in [0.1, 0.15) is 45.9 Å². The molecule has 18 heavy (non-hydrogen) atoms. The second-order valence-corrected chi connectivity index (χ2v) is 6.12. The number of aryl methyl sites for hydroxylation is 3. The highest BCUT2D eigenvalue weighted by Gasteiger charge is 2.19. The lowest BCUT2D eigenvalue weighted by molar-refractivity contribution is 0.224. The topological polar surface area (TPSA) is 20.2 Å². The molecular formula is C16H18OS. The lowest BCUT2D eigenvalue weighted by Crippen LogP contribution is -1.97. The van der Waals surface area contributed by atoms with Crippen LogP contribution in [0.2, 0.25) is 0 Å². The Morgan fingerprint density at radius 1 is 1.22 bits per heavy atom. The number of hydrogen-bond donors (Lipinski definition) is 1. The van der Waals surface area contributed by atoms with E-state index in [1.54, 1.807) is 11.3 Å². The fourth-order valence-corrected chi connectivity index (χ4v) is 3.86. The molecule has 2 aromatic rings. The molecule has 0 aliphatic heterocycles. The molecule has 0 amide bonds. The molecule has 0 saturated carbocycles. The van der Waals surface area contributed by atoms with Gasteiger partial charge in [-0.2, -0.15) is 0 Å². The summed E-state index contributed by atoms with van der Waals surface area (Å²) in [5, 5.41) is 10.4. The second kappa shape index (κ2) is 4.87. The van der Waals surface area contributed by atoms with Crippen molar-refractivity contribution in [2.45, 2.75) is 38.7 Å². The zero-order valence-electron chi connectivity index (χ0n) is 10.6. The molecule has 0 spiro atoms. The molecule has 1 nitrogen and oxygen atoms in total. The number of fused-ring (bicyclic) bond motifs is 1. The van der Waals surface area contributed by atoms with Gasteiger partial charge in [0.1, 0.15) is 6.10 Å². The van der Waals surface area contributed by atoms with Crippen molar-refractivity contribution in [3.05, 3.63) is 56.8 Å². The van der Waals surface area contributed by atoms with E-state index in [4.69, 9.17) is 0 Å². The van der Waals surface area contributed by atoms with Crippen LogP contribution in [0.15, 0.2) is 30.3 Å². The minimum atomic E-state index is -0.452. The average Bonchev–Trinajstić information content (AvgIpc) is 2.99. The van der Waals surface area contributed by atoms with Crippen molar-refractivity contribution >= 4 is 11.3 Å². The van der Waals surface area contributed by atoms with Gasteiger partial charge in [0, 0.05) is 9.75 Å². The van der Waals surface area contributed by atoms with Crippen molar-refractivity contribution in [3.8, 4) is 0 Å². The maximum absolute atomic E-state index is 10.4. The van der Waals surface area contributed by atoms with Crippen molar-refractivity contribution < 1.29 is 5.11 Å². The molecule has 3 rings (SSSR count). The molecule has 0 fully saturated rings. The SMILES string of the molecule is CCc1ccc(C(O)c2cc3c(s2)CCC3)cc1. The fraction of sp³-hybridized carbons (Fsp3) is 0.375. The summed E-state index contributed by atoms with van der Waals surface area (Å²) in [6.45, 7) is 2.15. The van der Waals surface area contributed by atoms with E-state index in [1.165, 1.54) is 35.3 Å². The Morgan fingerprint density at radius 2 is 2.00 bits per heavy atom. The highest BCUT2D eigenvalue weighted by atomic mass is 32.1. The quantitative estimate of drug-likeness (QED) is 0.885. The molecule has 1 unspecified atom stereocenters. The Morgan fingerprint density at radius 3 is 2.67 bits per heavy atom. The van der Waals surface area contributed by atoms with Crippen molar-refractivity contribution in [1.29, 1.82) is 0 Å². The molecule has 1 heterocycles. The van der Waals surface area contributed by atoms with Gasteiger partial charge in [0.15, 0.2) is 0 Å². The number of benzene rings is 1. The molecule has 1 atom stereocenters. The van der Waals surface area contributed by atoms with Gasteiger partial charge in [0.05, 0.1) is 0 Å². The zero-order valence-corrected chi connectivity index (χ0v) is 11.5. The first-order chi connectivity index (χ1) is 8.78. The third kappa shape index (κ3) is 2.11. The summed E-state index contributed by atoms with van der Waals surface area (Å²) in [6, 6.07) is 10.5. The number of aliphatic hydroxyl groups is 1. The van der Waals surface area contributed by atoms with Crippen LogP contribution in [0.3, 0.4) is 0 Å². The van der Waals surface area contributed by atoms with Crippen LogP contribution >= 0.6 is 11.3 Å². The molecule has 0 saturated heterocycles. The van der Waals surface area contributed by atoms with Crippen LogP contribution in [-0.2, 0) is 19.3 Å². The number of rotatable bonds is 3. The highest BCUT2D eigenvalue weighted by molar-refractivity contribution is 7.12. The summed E-state index contributed by atoms with van der Waals surface area (Å²) in [7, 11) is 0. The van der Waals surface area contributed by atoms with Crippen LogP contribution in [0, 0.1) is 0 Å². The minimum absolute atomic E-state index is 0.452. The third-order valence-electron chi connectivity index (χ3n) is 3.74. The Labute approximate surface area is 112 Å². The van der Waals surface area contributed by atoms with E-state index in [0.717, 1.165) is 16.9 Å². The van der Waals surface area contributed by atoms with Crippen LogP contribution in [-0.4, -0.2) is 5.11 Å². The van der Waals surface area contributed by atoms with E-state index in [2.05, 4.69) is 25.1 Å². The fourth-order valence-electron chi connectivity index (χ4n) is 2.59. The smallest absolute Gasteiger partial charge is 0.113 e. The number of hydrogen-bond acceptors (Lipinski definition) is 2. The molecule has 0 radical (unpaired) electrons. The van der Waals surface area contributed by atoms with Gasteiger partial charge in [0.25, 0.3) is 0 Å². The summed E-state index contributed by atoms with van der Waals surface area (Å²) >= 11 is 1.78. The Kier molecular flexibility index (Phi) is 3.23. The predicted octanol–water partition coefficient (Wildman–Crippen LogP) is 3.88. The Hall–Kier alpha value is -1.12. The van der Waals surface area contributed by atoms with Crippen molar-refractivity contribution in [2.75, 3.05) is 0 Å². The second-order valence-electron chi connectivity index (χ2n) is 4.95. The number of aliphatic hydroxyl groups excluding tert-OH is 1. The molecule has 1 aromatic heterocycles. The lowest BCUT2D eigenvalue weighted by atomic mass is 10.0. The molecule has 0 bridgehead atoms. The molecular weight excluding hydrogens is 240 g/mol. The summed E-state index contributed by atoms with van der Waals surface area (Å²) in [4.78, 5) is 2.58. The van der Waals surface area contributed by atoms with Gasteiger partial charge in [-0.1, -0.05) is 31.2 Å². The zero-order chi connectivity index (χ0) is 12.5. The van der Waals surface area contributed by atoms with Gasteiger partial charge >= 0.3 is 0 Å². The van der Waals surface area contributed by atoms with Gasteiger partial charge in [-0.25, -0.2) is 0 Å². The van der Waals surface area contributed by atoms with Crippen LogP contribution in [0.25, 0.3) is 0 Å². The van der Waals surface area contributed by atoms with E-state index in [0.29, 0.717) is 0 Å². The van der Waals surface area contributed by atoms with Gasteiger partial charge in [-0.15, -0.1) is 11.3 Å². The predicted molar refractivity (Wildman–Crippen MR) is 76.2 cm³/mol. The Balaban J connectivity index is 1.86. The summed E-state index contributed by atoms with van der Waals surface area (Å²) < 4.78 is 0. The van der Waals surface area contributed by atoms with Crippen molar-refractivity contribution in [2.24, 2.45) is 0 Å². The van der Waals surface area contributed by atoms with Crippen LogP contribution in [0.5, 0.6) is 0 Å². The van der Waals surface area contributed by atoms with E-state index < -0.39 is 6.10 Å². The molecule has 1 aliphatic carbocycles. The molecule has 94 valence electrons. The van der Waals surface area contributed by atoms with Gasteiger partial charge in [-0.05, 0) is 48.4 Å². The molecule has 2 heteroatoms. The first kappa shape index (κ1) is 11.9. The van der Waals surface area contributed by atoms with E-state index in [9.17, 15) is 5.11 Å². The standard InChI is InChI=1S/C16H18OS/c1-2-11-6-8-12(9-7-11)16(17)15-10-13-4-3-5-14(13)18-15/h6-10,16-17H,2-5H2,1H3. The number of thiophene rings is 1. The minimum Gasteiger partial charge on any atom is -0.383 e. The first-order valence-electron chi connectivity index (χ1n) is 6.66. The van der Waals surface area contributed by atoms with Gasteiger partial charge < -0.3 is 5.11 Å². The lowest BCUT2D eigenvalue weighted by Gasteiger charge is -2.09. The highest BCUT2D eigenvalue weighted by Crippen LogP contribution is 2.35. The summed E-state index contributed by atoms with van der Waals surface area (Å²) in [6.07, 6.45) is 4.26. The first-order valence-corrected chi connectivity index (χ1v) is 7.48. The third-order valence-corrected chi connectivity index (χ3v) is 5.03. The molecule has 1 aliphatic rings. The van der Waals surface area contributed by atoms with Crippen LogP contribution < -0.4 is 0 Å². The van der Waals surface area contributed by atoms with Gasteiger partial charge in [-0.3, -0.25) is 0 Å². The van der Waals surface area contributed by atoms with Crippen LogP contribution in [0.4, 0.5) is 0 Å². The van der Waals surface area contributed by atoms with E-state index >= 15 is 0 Å². The van der Waals surface area contributed by atoms with Crippen molar-refractivity contribution in [3.63, 3.8) is 0 Å². The van der Waals surface area contributed by atoms with E-state index in [-0.39, 0.29) is 0 Å². The molecule has 1 N–H and O–H groups in total. The summed E-state index contributed by atoms with van der Waals surface area (Å²) in [5.74, 6) is 0. The monoisotopic (exact) mass is 258 g/mol.